The lowest BCUT2D eigenvalue weighted by Gasteiger charge is -2.18. The van der Waals surface area contributed by atoms with Crippen LogP contribution < -0.4 is 4.74 Å². The number of carboxylic acids is 1. The van der Waals surface area contributed by atoms with Gasteiger partial charge in [-0.3, -0.25) is 14.9 Å². The molecule has 0 amide bonds. The van der Waals surface area contributed by atoms with Gasteiger partial charge in [-0.1, -0.05) is 6.07 Å². The van der Waals surface area contributed by atoms with Crippen molar-refractivity contribution in [1.29, 1.82) is 0 Å². The van der Waals surface area contributed by atoms with E-state index in [1.54, 1.807) is 32.9 Å². The average molecular weight is 267 g/mol. The normalized spacial score (nSPS) is 11.1. The molecule has 0 aliphatic heterocycles. The van der Waals surface area contributed by atoms with Crippen molar-refractivity contribution >= 4 is 11.7 Å². The van der Waals surface area contributed by atoms with E-state index in [0.29, 0.717) is 0 Å². The van der Waals surface area contributed by atoms with Crippen molar-refractivity contribution in [3.05, 3.63) is 33.9 Å². The number of aliphatic carboxylic acids is 1. The van der Waals surface area contributed by atoms with Crippen molar-refractivity contribution in [2.24, 2.45) is 5.41 Å². The van der Waals surface area contributed by atoms with E-state index in [1.165, 1.54) is 6.07 Å². The lowest BCUT2D eigenvalue weighted by molar-refractivity contribution is -0.385. The molecule has 0 unspecified atom stereocenters. The van der Waals surface area contributed by atoms with Crippen LogP contribution in [0.2, 0.25) is 0 Å². The molecule has 1 rings (SSSR count). The second-order valence-corrected chi connectivity index (χ2v) is 5.02. The van der Waals surface area contributed by atoms with Crippen LogP contribution in [0.5, 0.6) is 5.75 Å². The Morgan fingerprint density at radius 1 is 1.47 bits per heavy atom. The summed E-state index contributed by atoms with van der Waals surface area (Å²) in [6.45, 7) is 5.09. The van der Waals surface area contributed by atoms with Gasteiger partial charge in [0, 0.05) is 6.07 Å². The van der Waals surface area contributed by atoms with Crippen molar-refractivity contribution in [3.8, 4) is 5.75 Å². The molecule has 0 saturated carbocycles. The average Bonchev–Trinajstić information content (AvgIpc) is 2.28. The summed E-state index contributed by atoms with van der Waals surface area (Å²) in [5, 5.41) is 19.8. The molecule has 0 bridgehead atoms. The van der Waals surface area contributed by atoms with Gasteiger partial charge in [-0.25, -0.2) is 0 Å². The van der Waals surface area contributed by atoms with Gasteiger partial charge < -0.3 is 9.84 Å². The summed E-state index contributed by atoms with van der Waals surface area (Å²) in [5.41, 5.74) is -0.185. The molecule has 0 radical (unpaired) electrons. The Labute approximate surface area is 111 Å². The molecule has 1 N–H and O–H groups in total. The van der Waals surface area contributed by atoms with Crippen molar-refractivity contribution in [3.63, 3.8) is 0 Å². The Morgan fingerprint density at radius 3 is 2.63 bits per heavy atom. The topological polar surface area (TPSA) is 89.7 Å². The number of carbonyl (C=O) groups is 1. The molecule has 104 valence electrons. The second kappa shape index (κ2) is 5.69. The predicted molar refractivity (Wildman–Crippen MR) is 69.4 cm³/mol. The molecule has 0 aliphatic carbocycles. The number of nitro benzene ring substituents is 1. The van der Waals surface area contributed by atoms with Crippen LogP contribution >= 0.6 is 0 Å². The van der Waals surface area contributed by atoms with Crippen LogP contribution in [0.3, 0.4) is 0 Å². The number of hydrogen-bond acceptors (Lipinski definition) is 4. The van der Waals surface area contributed by atoms with E-state index in [4.69, 9.17) is 9.84 Å². The molecule has 0 fully saturated rings. The quantitative estimate of drug-likeness (QED) is 0.632. The van der Waals surface area contributed by atoms with Crippen LogP contribution in [0.15, 0.2) is 18.2 Å². The van der Waals surface area contributed by atoms with Gasteiger partial charge in [0.2, 0.25) is 0 Å². The fourth-order valence-corrected chi connectivity index (χ4v) is 1.41. The summed E-state index contributed by atoms with van der Waals surface area (Å²) in [5.74, 6) is -0.749. The van der Waals surface area contributed by atoms with E-state index in [9.17, 15) is 14.9 Å². The standard InChI is InChI=1S/C13H17NO5/c1-9-4-5-10(14(17)18)11(8-9)19-7-6-13(2,3)12(15)16/h4-5,8H,6-7H2,1-3H3,(H,15,16). The number of nitrogens with zero attached hydrogens (tertiary/aromatic N) is 1. The lowest BCUT2D eigenvalue weighted by Crippen LogP contribution is -2.25. The third-order valence-electron chi connectivity index (χ3n) is 2.88. The van der Waals surface area contributed by atoms with Crippen molar-refractivity contribution in [1.82, 2.24) is 0 Å². The molecule has 1 aromatic rings. The Balaban J connectivity index is 2.75. The molecular weight excluding hydrogens is 250 g/mol. The number of rotatable bonds is 6. The van der Waals surface area contributed by atoms with Crippen molar-refractivity contribution in [2.75, 3.05) is 6.61 Å². The maximum absolute atomic E-state index is 10.9. The zero-order chi connectivity index (χ0) is 14.6. The minimum atomic E-state index is -0.921. The number of carboxylic acid groups (broad SMARTS) is 1. The molecule has 0 saturated heterocycles. The van der Waals surface area contributed by atoms with E-state index < -0.39 is 16.3 Å². The summed E-state index contributed by atoms with van der Waals surface area (Å²) in [4.78, 5) is 21.2. The van der Waals surface area contributed by atoms with Gasteiger partial charge in [-0.15, -0.1) is 0 Å². The first-order valence-corrected chi connectivity index (χ1v) is 5.85. The largest absolute Gasteiger partial charge is 0.487 e. The molecule has 0 atom stereocenters. The molecule has 0 aromatic heterocycles. The van der Waals surface area contributed by atoms with Gasteiger partial charge in [0.15, 0.2) is 5.75 Å². The first-order chi connectivity index (χ1) is 8.74. The van der Waals surface area contributed by atoms with Crippen LogP contribution in [0.1, 0.15) is 25.8 Å². The van der Waals surface area contributed by atoms with Crippen LogP contribution in [0.25, 0.3) is 0 Å². The van der Waals surface area contributed by atoms with Gasteiger partial charge in [0.05, 0.1) is 16.9 Å². The Bertz CT molecular complexity index is 496. The second-order valence-electron chi connectivity index (χ2n) is 5.02. The van der Waals surface area contributed by atoms with Crippen LogP contribution in [0.4, 0.5) is 5.69 Å². The van der Waals surface area contributed by atoms with E-state index in [0.717, 1.165) is 5.56 Å². The monoisotopic (exact) mass is 267 g/mol. The number of ether oxygens (including phenoxy) is 1. The van der Waals surface area contributed by atoms with E-state index in [1.807, 2.05) is 0 Å². The maximum Gasteiger partial charge on any atom is 0.310 e. The summed E-state index contributed by atoms with van der Waals surface area (Å²) in [7, 11) is 0. The molecule has 6 nitrogen and oxygen atoms in total. The highest BCUT2D eigenvalue weighted by atomic mass is 16.6. The third-order valence-corrected chi connectivity index (χ3v) is 2.88. The first-order valence-electron chi connectivity index (χ1n) is 5.85. The number of aryl methyl sites for hydroxylation is 1. The highest BCUT2D eigenvalue weighted by Gasteiger charge is 2.27. The van der Waals surface area contributed by atoms with Gasteiger partial charge in [0.1, 0.15) is 0 Å². The van der Waals surface area contributed by atoms with Gasteiger partial charge in [-0.2, -0.15) is 0 Å². The van der Waals surface area contributed by atoms with Gasteiger partial charge in [-0.05, 0) is 38.8 Å². The molecule has 0 aliphatic rings. The van der Waals surface area contributed by atoms with Crippen LogP contribution in [0, 0.1) is 22.5 Å². The fourth-order valence-electron chi connectivity index (χ4n) is 1.41. The van der Waals surface area contributed by atoms with E-state index >= 15 is 0 Å². The zero-order valence-corrected chi connectivity index (χ0v) is 11.2. The molecular formula is C13H17NO5. The predicted octanol–water partition coefficient (Wildman–Crippen LogP) is 2.78. The summed E-state index contributed by atoms with van der Waals surface area (Å²) < 4.78 is 5.36. The van der Waals surface area contributed by atoms with Gasteiger partial charge >= 0.3 is 11.7 Å². The Kier molecular flexibility index (Phi) is 4.47. The van der Waals surface area contributed by atoms with Gasteiger partial charge in [0.25, 0.3) is 0 Å². The fraction of sp³-hybridized carbons (Fsp3) is 0.462. The Morgan fingerprint density at radius 2 is 2.11 bits per heavy atom. The molecule has 0 spiro atoms. The number of hydrogen-bond donors (Lipinski definition) is 1. The Hall–Kier alpha value is -2.11. The molecule has 19 heavy (non-hydrogen) atoms. The molecule has 6 heteroatoms. The van der Waals surface area contributed by atoms with Crippen molar-refractivity contribution in [2.45, 2.75) is 27.2 Å². The lowest BCUT2D eigenvalue weighted by atomic mass is 9.90. The van der Waals surface area contributed by atoms with E-state index in [-0.39, 0.29) is 24.5 Å². The minimum Gasteiger partial charge on any atom is -0.487 e. The van der Waals surface area contributed by atoms with Crippen LogP contribution in [-0.2, 0) is 4.79 Å². The maximum atomic E-state index is 10.9. The van der Waals surface area contributed by atoms with E-state index in [2.05, 4.69) is 0 Å². The number of nitro groups is 1. The summed E-state index contributed by atoms with van der Waals surface area (Å²) in [6.07, 6.45) is 0.271. The summed E-state index contributed by atoms with van der Waals surface area (Å²) in [6, 6.07) is 4.59. The number of benzene rings is 1. The highest BCUT2D eigenvalue weighted by molar-refractivity contribution is 5.73. The smallest absolute Gasteiger partial charge is 0.310 e. The highest BCUT2D eigenvalue weighted by Crippen LogP contribution is 2.29. The minimum absolute atomic E-state index is 0.112. The van der Waals surface area contributed by atoms with Crippen molar-refractivity contribution < 1.29 is 19.6 Å². The molecule has 0 heterocycles. The summed E-state index contributed by atoms with van der Waals surface area (Å²) >= 11 is 0. The first kappa shape index (κ1) is 14.9. The van der Waals surface area contributed by atoms with Crippen LogP contribution in [-0.4, -0.2) is 22.6 Å². The SMILES string of the molecule is Cc1ccc([N+](=O)[O-])c(OCCC(C)(C)C(=O)O)c1. The molecule has 1 aromatic carbocycles. The zero-order valence-electron chi connectivity index (χ0n) is 11.2. The third kappa shape index (κ3) is 3.94.